The van der Waals surface area contributed by atoms with Crippen LogP contribution < -0.4 is 0 Å². The van der Waals surface area contributed by atoms with Gasteiger partial charge in [0.05, 0.1) is 5.56 Å². The van der Waals surface area contributed by atoms with Gasteiger partial charge in [-0.15, -0.1) is 0 Å². The Kier molecular flexibility index (Phi) is 3.54. The summed E-state index contributed by atoms with van der Waals surface area (Å²) in [7, 11) is 0. The third-order valence-electron chi connectivity index (χ3n) is 1.76. The Labute approximate surface area is 89.4 Å². The maximum absolute atomic E-state index is 11.4. The molecular weight excluding hydrogens is 218 g/mol. The second-order valence-electron chi connectivity index (χ2n) is 2.79. The van der Waals surface area contributed by atoms with E-state index in [0.717, 1.165) is 0 Å². The third-order valence-corrected chi connectivity index (χ3v) is 1.76. The molecule has 7 nitrogen and oxygen atoms in total. The zero-order valence-corrected chi connectivity index (χ0v) is 7.99. The van der Waals surface area contributed by atoms with Crippen LogP contribution in [0, 0.1) is 4.91 Å². The van der Waals surface area contributed by atoms with Gasteiger partial charge < -0.3 is 5.11 Å². The van der Waals surface area contributed by atoms with Gasteiger partial charge in [-0.2, -0.15) is 4.84 Å². The van der Waals surface area contributed by atoms with E-state index in [-0.39, 0.29) is 11.1 Å². The molecule has 84 valence electrons. The van der Waals surface area contributed by atoms with Gasteiger partial charge >= 0.3 is 11.1 Å². The minimum Gasteiger partial charge on any atom is -0.478 e. The monoisotopic (exact) mass is 226 g/mol. The van der Waals surface area contributed by atoms with Gasteiger partial charge in [0.25, 0.3) is 0 Å². The van der Waals surface area contributed by atoms with Crippen LogP contribution in [0.25, 0.3) is 0 Å². The van der Waals surface area contributed by atoms with E-state index in [1.165, 1.54) is 24.3 Å². The van der Waals surface area contributed by atoms with E-state index in [1.807, 2.05) is 0 Å². The molecule has 0 saturated carbocycles. The number of ketones is 1. The van der Waals surface area contributed by atoms with Crippen molar-refractivity contribution in [3.63, 3.8) is 0 Å². The van der Waals surface area contributed by atoms with Crippen LogP contribution in [0.15, 0.2) is 24.3 Å². The zero-order chi connectivity index (χ0) is 12.1. The van der Waals surface area contributed by atoms with E-state index in [0.29, 0.717) is 0 Å². The molecule has 0 radical (unpaired) electrons. The number of hydrogen-bond acceptors (Lipinski definition) is 4. The smallest absolute Gasteiger partial charge is 0.475 e. The number of Topliss-reactive ketones (excluding diaryl/α,β-unsaturated/α-hetero) is 1. The first-order valence-corrected chi connectivity index (χ1v) is 4.17. The largest absolute Gasteiger partial charge is 0.478 e. The highest BCUT2D eigenvalue weighted by Gasteiger charge is 2.19. The molecule has 2 N–H and O–H groups in total. The van der Waals surface area contributed by atoms with Crippen molar-refractivity contribution in [2.45, 2.75) is 0 Å². The van der Waals surface area contributed by atoms with Crippen LogP contribution in [0.2, 0.25) is 0 Å². The van der Waals surface area contributed by atoms with E-state index in [2.05, 4.69) is 4.84 Å². The van der Waals surface area contributed by atoms with Crippen LogP contribution in [-0.2, 0) is 4.84 Å². The summed E-state index contributed by atoms with van der Waals surface area (Å²) in [5, 5.41) is 16.0. The molecule has 0 fully saturated rings. The second-order valence-corrected chi connectivity index (χ2v) is 2.79. The molecule has 0 atom stereocenters. The van der Waals surface area contributed by atoms with E-state index in [4.69, 9.17) is 10.3 Å². The summed E-state index contributed by atoms with van der Waals surface area (Å²) < 4.78 is 0. The van der Waals surface area contributed by atoms with Gasteiger partial charge in [0, 0.05) is 5.56 Å². The lowest BCUT2D eigenvalue weighted by atomic mass is 10.0. The van der Waals surface area contributed by atoms with Gasteiger partial charge in [-0.25, -0.2) is 10.0 Å². The molecule has 0 aliphatic carbocycles. The predicted octanol–water partition coefficient (Wildman–Crippen LogP) is 0.667. The molecular formula is C9H8NO6+. The van der Waals surface area contributed by atoms with E-state index in [9.17, 15) is 14.5 Å². The number of carbonyl (C=O) groups excluding carboxylic acids is 1. The number of rotatable bonds is 5. The number of carboxylic acid groups (broad SMARTS) is 1. The van der Waals surface area contributed by atoms with Crippen molar-refractivity contribution < 1.29 is 29.8 Å². The fourth-order valence-corrected chi connectivity index (χ4v) is 1.10. The van der Waals surface area contributed by atoms with E-state index < -0.39 is 23.4 Å². The number of nitrogens with zero attached hydrogens (tertiary/aromatic N) is 1. The van der Waals surface area contributed by atoms with Crippen LogP contribution >= 0.6 is 0 Å². The van der Waals surface area contributed by atoms with Crippen LogP contribution in [0.5, 0.6) is 0 Å². The fourth-order valence-electron chi connectivity index (χ4n) is 1.10. The Morgan fingerprint density at radius 1 is 1.25 bits per heavy atom. The molecule has 16 heavy (non-hydrogen) atoms. The lowest BCUT2D eigenvalue weighted by Gasteiger charge is -2.01. The molecule has 0 saturated heterocycles. The molecule has 7 heteroatoms. The van der Waals surface area contributed by atoms with Gasteiger partial charge in [0.2, 0.25) is 12.4 Å². The van der Waals surface area contributed by atoms with Gasteiger partial charge in [-0.3, -0.25) is 4.79 Å². The van der Waals surface area contributed by atoms with Crippen LogP contribution in [0.4, 0.5) is 0 Å². The van der Waals surface area contributed by atoms with Gasteiger partial charge in [0.15, 0.2) is 0 Å². The molecule has 0 heterocycles. The van der Waals surface area contributed by atoms with Crippen molar-refractivity contribution in [1.82, 2.24) is 0 Å². The number of carboxylic acids is 1. The highest BCUT2D eigenvalue weighted by atomic mass is 16.9. The Morgan fingerprint density at radius 2 is 1.81 bits per heavy atom. The summed E-state index contributed by atoms with van der Waals surface area (Å²) in [5.41, 5.74) is -0.275. The summed E-state index contributed by atoms with van der Waals surface area (Å²) in [5.74, 6) is -1.97. The maximum Gasteiger partial charge on any atom is 0.475 e. The van der Waals surface area contributed by atoms with E-state index in [1.54, 1.807) is 0 Å². The molecule has 0 aliphatic heterocycles. The molecule has 0 aromatic heterocycles. The van der Waals surface area contributed by atoms with Crippen molar-refractivity contribution >= 4 is 11.8 Å². The summed E-state index contributed by atoms with van der Waals surface area (Å²) >= 11 is 0. The topological polar surface area (TPSA) is 104 Å². The van der Waals surface area contributed by atoms with Crippen LogP contribution in [0.3, 0.4) is 0 Å². The summed E-state index contributed by atoms with van der Waals surface area (Å²) in [6.45, 7) is -0.732. The Bertz CT molecular complexity index is 441. The first kappa shape index (κ1) is 11.6. The number of carbonyl (C=O) groups is 2. The van der Waals surface area contributed by atoms with Gasteiger partial charge in [0.1, 0.15) is 4.91 Å². The highest BCUT2D eigenvalue weighted by molar-refractivity contribution is 6.06. The Hall–Kier alpha value is -2.44. The molecule has 0 bridgehead atoms. The molecule has 0 spiro atoms. The van der Waals surface area contributed by atoms with Crippen LogP contribution in [0.1, 0.15) is 20.7 Å². The molecule has 1 aromatic rings. The molecule has 0 aliphatic rings. The summed E-state index contributed by atoms with van der Waals surface area (Å²) in [6, 6.07) is 5.49. The average Bonchev–Trinajstić information content (AvgIpc) is 2.25. The lowest BCUT2D eigenvalue weighted by Crippen LogP contribution is -2.16. The first-order chi connectivity index (χ1) is 7.52. The SMILES string of the molecule is O=C(O)c1ccccc1C(=O)CO[N+](=O)O. The minimum atomic E-state index is -1.26. The molecule has 0 amide bonds. The highest BCUT2D eigenvalue weighted by Crippen LogP contribution is 2.09. The lowest BCUT2D eigenvalue weighted by molar-refractivity contribution is -0.973. The predicted molar refractivity (Wildman–Crippen MR) is 49.1 cm³/mol. The van der Waals surface area contributed by atoms with Crippen molar-refractivity contribution in [2.24, 2.45) is 0 Å². The van der Waals surface area contributed by atoms with E-state index >= 15 is 0 Å². The average molecular weight is 226 g/mol. The first-order valence-electron chi connectivity index (χ1n) is 4.17. The van der Waals surface area contributed by atoms with Crippen molar-refractivity contribution in [3.8, 4) is 0 Å². The summed E-state index contributed by atoms with van der Waals surface area (Å²) in [4.78, 5) is 36.1. The van der Waals surface area contributed by atoms with Crippen LogP contribution in [-0.4, -0.2) is 33.8 Å². The maximum atomic E-state index is 11.4. The second kappa shape index (κ2) is 4.87. The molecule has 1 aromatic carbocycles. The van der Waals surface area contributed by atoms with Crippen molar-refractivity contribution in [3.05, 3.63) is 40.3 Å². The third kappa shape index (κ3) is 2.77. The zero-order valence-electron chi connectivity index (χ0n) is 7.99. The van der Waals surface area contributed by atoms with Gasteiger partial charge in [-0.05, 0) is 6.07 Å². The van der Waals surface area contributed by atoms with Crippen molar-refractivity contribution in [2.75, 3.05) is 6.61 Å². The fraction of sp³-hybridized carbons (Fsp3) is 0.111. The number of benzene rings is 1. The quantitative estimate of drug-likeness (QED) is 0.564. The molecule has 1 rings (SSSR count). The van der Waals surface area contributed by atoms with Crippen molar-refractivity contribution in [1.29, 1.82) is 0 Å². The molecule has 0 unspecified atom stereocenters. The Balaban J connectivity index is 2.90. The Morgan fingerprint density at radius 3 is 2.31 bits per heavy atom. The normalized spacial score (nSPS) is 9.50. The summed E-state index contributed by atoms with van der Waals surface area (Å²) in [6.07, 6.45) is 0. The number of aromatic carboxylic acids is 1. The van der Waals surface area contributed by atoms with Gasteiger partial charge in [-0.1, -0.05) is 18.2 Å². The number of hydrogen-bond donors (Lipinski definition) is 2. The minimum absolute atomic E-state index is 0.0862. The standard InChI is InChI=1S/C9H7NO6/c11-8(5-16-10(14)15)6-3-1-2-4-7(6)9(12)13/h1-4H,5H2,(H-,12,13,14,15)/p+1.